The van der Waals surface area contributed by atoms with E-state index in [4.69, 9.17) is 0 Å². The number of carboxylic acids is 2. The molecule has 2 atom stereocenters. The van der Waals surface area contributed by atoms with Crippen molar-refractivity contribution < 1.29 is 19.8 Å². The van der Waals surface area contributed by atoms with Crippen LogP contribution in [0.5, 0.6) is 0 Å². The SMILES string of the molecule is CCCCCCCCCCCCCCCCN(CCCCCCCCCCCCCCCC)C(CCC)C(=O)[O-].CCCCCCCCCCCCCCCCN(CCCCCCCCCCCCCCCC)C(CCC)C(=O)[O-].[Ca+2]. The molecule has 0 aliphatic heterocycles. The number of carbonyl (C=O) groups excluding carboxylic acids is 2. The molecule has 0 aromatic rings. The molecule has 0 aromatic carbocycles. The minimum absolute atomic E-state index is 0. The van der Waals surface area contributed by atoms with Gasteiger partial charge < -0.3 is 19.8 Å². The molecule has 0 fully saturated rings. The topological polar surface area (TPSA) is 86.7 Å². The zero-order valence-electron chi connectivity index (χ0n) is 56.6. The van der Waals surface area contributed by atoms with Crippen molar-refractivity contribution in [1.29, 1.82) is 0 Å². The van der Waals surface area contributed by atoms with E-state index in [0.29, 0.717) is 0 Å². The standard InChI is InChI=1S/2C37H75NO2.Ca/c2*1-4-7-9-11-13-15-17-19-21-23-25-27-29-31-34-38(36(33-6-3)37(39)40)35-32-30-28-26-24-22-20-18-16-14-12-10-8-5-2;/h2*36H,4-35H2,1-3H3,(H,39,40);/q;;+2/p-2. The maximum atomic E-state index is 11.9. The second-order valence-electron chi connectivity index (χ2n) is 25.7. The fourth-order valence-corrected chi connectivity index (χ4v) is 12.3. The Morgan fingerprint density at radius 3 is 0.457 bits per heavy atom. The van der Waals surface area contributed by atoms with E-state index >= 15 is 0 Å². The zero-order valence-corrected chi connectivity index (χ0v) is 58.9. The van der Waals surface area contributed by atoms with Crippen LogP contribution < -0.4 is 10.2 Å². The molecule has 0 bridgehead atoms. The first-order valence-corrected chi connectivity index (χ1v) is 37.2. The van der Waals surface area contributed by atoms with Crippen LogP contribution in [0.15, 0.2) is 0 Å². The molecule has 0 radical (unpaired) electrons. The summed E-state index contributed by atoms with van der Waals surface area (Å²) in [5.74, 6) is -1.73. The number of carbonyl (C=O) groups is 2. The Bertz CT molecular complexity index is 1020. The van der Waals surface area contributed by atoms with Gasteiger partial charge in [-0.15, -0.1) is 0 Å². The van der Waals surface area contributed by atoms with E-state index in [-0.39, 0.29) is 37.7 Å². The third-order valence-electron chi connectivity index (χ3n) is 17.7. The first-order valence-electron chi connectivity index (χ1n) is 37.2. The summed E-state index contributed by atoms with van der Waals surface area (Å²) in [6.07, 6.45) is 79.5. The quantitative estimate of drug-likeness (QED) is 0.0445. The molecule has 0 saturated heterocycles. The summed E-state index contributed by atoms with van der Waals surface area (Å²) < 4.78 is 0. The van der Waals surface area contributed by atoms with Crippen LogP contribution in [-0.2, 0) is 9.59 Å². The first kappa shape index (κ1) is 85.3. The monoisotopic (exact) mass is 1170 g/mol. The molecule has 6 nitrogen and oxygen atoms in total. The van der Waals surface area contributed by atoms with Gasteiger partial charge in [0.1, 0.15) is 0 Å². The third-order valence-corrected chi connectivity index (χ3v) is 17.7. The van der Waals surface area contributed by atoms with E-state index in [1.54, 1.807) is 0 Å². The summed E-state index contributed by atoms with van der Waals surface area (Å²) in [4.78, 5) is 28.2. The Morgan fingerprint density at radius 1 is 0.222 bits per heavy atom. The summed E-state index contributed by atoms with van der Waals surface area (Å²) in [7, 11) is 0. The normalized spacial score (nSPS) is 12.2. The molecule has 0 aromatic heterocycles. The Kier molecular flexibility index (Phi) is 78.3. The molecule has 0 N–H and O–H groups in total. The maximum absolute atomic E-state index is 11.9. The van der Waals surface area contributed by atoms with Crippen LogP contribution in [0.1, 0.15) is 427 Å². The van der Waals surface area contributed by atoms with Gasteiger partial charge in [-0.3, -0.25) is 9.80 Å². The predicted octanol–water partition coefficient (Wildman–Crippen LogP) is 22.0. The first-order chi connectivity index (χ1) is 39.3. The van der Waals surface area contributed by atoms with E-state index < -0.39 is 24.0 Å². The van der Waals surface area contributed by atoms with Crippen LogP contribution in [0, 0.1) is 0 Å². The van der Waals surface area contributed by atoms with Gasteiger partial charge >= 0.3 is 37.7 Å². The van der Waals surface area contributed by atoms with E-state index in [0.717, 1.165) is 77.5 Å². The number of aliphatic carboxylic acids is 2. The fraction of sp³-hybridized carbons (Fsp3) is 0.973. The van der Waals surface area contributed by atoms with Crippen LogP contribution in [-0.4, -0.2) is 97.7 Å². The van der Waals surface area contributed by atoms with Gasteiger partial charge in [0.2, 0.25) is 0 Å². The van der Waals surface area contributed by atoms with Crippen LogP contribution in [0.25, 0.3) is 0 Å². The van der Waals surface area contributed by atoms with Gasteiger partial charge in [-0.25, -0.2) is 0 Å². The Labute approximate surface area is 540 Å². The largest absolute Gasteiger partial charge is 2.00 e. The number of hydrogen-bond donors (Lipinski definition) is 0. The Hall–Kier alpha value is 0.120. The molecule has 0 heterocycles. The van der Waals surface area contributed by atoms with E-state index in [1.165, 1.54) is 334 Å². The smallest absolute Gasteiger partial charge is 0.548 e. The van der Waals surface area contributed by atoms with Crippen molar-refractivity contribution in [1.82, 2.24) is 9.80 Å². The van der Waals surface area contributed by atoms with Crippen molar-refractivity contribution in [2.24, 2.45) is 0 Å². The Balaban J connectivity index is -0.00000148. The van der Waals surface area contributed by atoms with E-state index in [1.807, 2.05) is 0 Å². The average Bonchev–Trinajstić information content (AvgIpc) is 3.45. The summed E-state index contributed by atoms with van der Waals surface area (Å²) in [6, 6.07) is -0.789. The number of nitrogens with zero attached hydrogens (tertiary/aromatic N) is 2. The molecule has 0 saturated carbocycles. The minimum atomic E-state index is -0.863. The number of unbranched alkanes of at least 4 members (excludes halogenated alkanes) is 52. The third kappa shape index (κ3) is 65.9. The summed E-state index contributed by atoms with van der Waals surface area (Å²) >= 11 is 0. The molecular weight excluding hydrogens is 1020 g/mol. The second-order valence-corrected chi connectivity index (χ2v) is 25.7. The van der Waals surface area contributed by atoms with Gasteiger partial charge in [0.15, 0.2) is 0 Å². The summed E-state index contributed by atoms with van der Waals surface area (Å²) in [5, 5.41) is 23.7. The molecule has 7 heteroatoms. The van der Waals surface area contributed by atoms with Gasteiger partial charge in [-0.05, 0) is 64.7 Å². The van der Waals surface area contributed by atoms with Crippen molar-refractivity contribution in [2.45, 2.75) is 439 Å². The summed E-state index contributed by atoms with van der Waals surface area (Å²) in [6.45, 7) is 17.0. The molecule has 0 aliphatic carbocycles. The second kappa shape index (κ2) is 74.4. The summed E-state index contributed by atoms with van der Waals surface area (Å²) in [5.41, 5.74) is 0. The molecule has 2 unspecified atom stereocenters. The van der Waals surface area contributed by atoms with Crippen molar-refractivity contribution in [3.63, 3.8) is 0 Å². The van der Waals surface area contributed by atoms with Crippen LogP contribution in [0.3, 0.4) is 0 Å². The number of rotatable bonds is 68. The van der Waals surface area contributed by atoms with Gasteiger partial charge in [-0.2, -0.15) is 0 Å². The molecule has 0 spiro atoms. The van der Waals surface area contributed by atoms with Crippen LogP contribution in [0.2, 0.25) is 0 Å². The minimum Gasteiger partial charge on any atom is -0.548 e. The zero-order chi connectivity index (χ0) is 58.7. The van der Waals surface area contributed by atoms with Crippen LogP contribution >= 0.6 is 0 Å². The predicted molar refractivity (Wildman–Crippen MR) is 358 cm³/mol. The van der Waals surface area contributed by atoms with Crippen molar-refractivity contribution in [3.8, 4) is 0 Å². The van der Waals surface area contributed by atoms with E-state index in [9.17, 15) is 19.8 Å². The molecule has 480 valence electrons. The molecule has 0 amide bonds. The van der Waals surface area contributed by atoms with Crippen LogP contribution in [0.4, 0.5) is 0 Å². The fourth-order valence-electron chi connectivity index (χ4n) is 12.3. The van der Waals surface area contributed by atoms with E-state index in [2.05, 4.69) is 51.3 Å². The average molecular weight is 1170 g/mol. The van der Waals surface area contributed by atoms with Gasteiger partial charge in [0.25, 0.3) is 0 Å². The van der Waals surface area contributed by atoms with Crippen molar-refractivity contribution in [2.75, 3.05) is 26.2 Å². The molecule has 0 rings (SSSR count). The molecule has 81 heavy (non-hydrogen) atoms. The van der Waals surface area contributed by atoms with Crippen molar-refractivity contribution in [3.05, 3.63) is 0 Å². The Morgan fingerprint density at radius 2 is 0.346 bits per heavy atom. The molecular formula is C74H148CaN2O4. The molecule has 0 aliphatic rings. The van der Waals surface area contributed by atoms with Gasteiger partial charge in [0.05, 0.1) is 11.9 Å². The maximum Gasteiger partial charge on any atom is 2.00 e. The van der Waals surface area contributed by atoms with Gasteiger partial charge in [-0.1, -0.05) is 388 Å². The van der Waals surface area contributed by atoms with Gasteiger partial charge in [0, 0.05) is 12.1 Å². The van der Waals surface area contributed by atoms with Crippen molar-refractivity contribution >= 4 is 49.7 Å². The number of carboxylic acid groups (broad SMARTS) is 2. The number of hydrogen-bond acceptors (Lipinski definition) is 6.